The standard InChI is InChI=1S/C19H20ClN3S/c1-11-4-9-14-15(10-11)24-19-16(14)17(20)21-18(22-19)12-5-7-13(8-6-12)23(2)3/h5-8,11H,4,9-10H2,1-3H3. The number of aromatic nitrogens is 2. The van der Waals surface area contributed by atoms with Crippen LogP contribution in [0.25, 0.3) is 21.6 Å². The van der Waals surface area contributed by atoms with Crippen molar-refractivity contribution in [3.8, 4) is 11.4 Å². The van der Waals surface area contributed by atoms with Crippen LogP contribution in [0.1, 0.15) is 23.8 Å². The van der Waals surface area contributed by atoms with E-state index < -0.39 is 0 Å². The van der Waals surface area contributed by atoms with Gasteiger partial charge in [0.2, 0.25) is 0 Å². The van der Waals surface area contributed by atoms with Crippen molar-refractivity contribution >= 4 is 38.8 Å². The van der Waals surface area contributed by atoms with Gasteiger partial charge in [0, 0.05) is 30.2 Å². The SMILES string of the molecule is CC1CCc2c(sc3nc(-c4ccc(N(C)C)cc4)nc(Cl)c23)C1. The molecule has 1 atom stereocenters. The summed E-state index contributed by atoms with van der Waals surface area (Å²) < 4.78 is 0. The van der Waals surface area contributed by atoms with E-state index in [1.807, 2.05) is 14.1 Å². The van der Waals surface area contributed by atoms with Crippen LogP contribution in [0.4, 0.5) is 5.69 Å². The van der Waals surface area contributed by atoms with Gasteiger partial charge in [-0.25, -0.2) is 9.97 Å². The van der Waals surface area contributed by atoms with Gasteiger partial charge < -0.3 is 4.90 Å². The first-order valence-corrected chi connectivity index (χ1v) is 9.48. The molecule has 1 unspecified atom stereocenters. The minimum Gasteiger partial charge on any atom is -0.378 e. The highest BCUT2D eigenvalue weighted by Gasteiger charge is 2.23. The van der Waals surface area contributed by atoms with Crippen LogP contribution in [0.5, 0.6) is 0 Å². The largest absolute Gasteiger partial charge is 0.378 e. The van der Waals surface area contributed by atoms with E-state index in [9.17, 15) is 0 Å². The average Bonchev–Trinajstić information content (AvgIpc) is 2.92. The quantitative estimate of drug-likeness (QED) is 0.590. The van der Waals surface area contributed by atoms with Gasteiger partial charge in [0.15, 0.2) is 5.82 Å². The molecule has 2 aromatic heterocycles. The Morgan fingerprint density at radius 2 is 1.92 bits per heavy atom. The first-order valence-electron chi connectivity index (χ1n) is 8.28. The lowest BCUT2D eigenvalue weighted by molar-refractivity contribution is 0.509. The summed E-state index contributed by atoms with van der Waals surface area (Å²) >= 11 is 8.35. The third-order valence-corrected chi connectivity index (χ3v) is 6.17. The predicted molar refractivity (Wildman–Crippen MR) is 103 cm³/mol. The third-order valence-electron chi connectivity index (χ3n) is 4.75. The molecule has 1 aromatic carbocycles. The molecule has 3 nitrogen and oxygen atoms in total. The van der Waals surface area contributed by atoms with Crippen molar-refractivity contribution in [2.45, 2.75) is 26.2 Å². The number of hydrogen-bond donors (Lipinski definition) is 0. The highest BCUT2D eigenvalue weighted by atomic mass is 35.5. The minimum atomic E-state index is 0.596. The second-order valence-corrected chi connectivity index (χ2v) is 8.25. The molecular formula is C19H20ClN3S. The summed E-state index contributed by atoms with van der Waals surface area (Å²) in [6, 6.07) is 8.28. The first-order chi connectivity index (χ1) is 11.5. The van der Waals surface area contributed by atoms with Crippen LogP contribution in [-0.4, -0.2) is 24.1 Å². The van der Waals surface area contributed by atoms with E-state index in [4.69, 9.17) is 16.6 Å². The predicted octanol–water partition coefficient (Wildman–Crippen LogP) is 5.20. The highest BCUT2D eigenvalue weighted by Crippen LogP contribution is 2.40. The van der Waals surface area contributed by atoms with E-state index in [2.05, 4.69) is 41.1 Å². The lowest BCUT2D eigenvalue weighted by atomic mass is 9.89. The number of anilines is 1. The highest BCUT2D eigenvalue weighted by molar-refractivity contribution is 7.19. The fraction of sp³-hybridized carbons (Fsp3) is 0.368. The Bertz CT molecular complexity index is 899. The van der Waals surface area contributed by atoms with Crippen molar-refractivity contribution < 1.29 is 0 Å². The van der Waals surface area contributed by atoms with Crippen LogP contribution in [0.2, 0.25) is 5.15 Å². The fourth-order valence-electron chi connectivity index (χ4n) is 3.34. The lowest BCUT2D eigenvalue weighted by Gasteiger charge is -2.17. The fourth-order valence-corrected chi connectivity index (χ4v) is 5.06. The number of nitrogens with zero attached hydrogens (tertiary/aromatic N) is 3. The Balaban J connectivity index is 1.80. The molecule has 0 fully saturated rings. The number of benzene rings is 1. The third kappa shape index (κ3) is 2.68. The van der Waals surface area contributed by atoms with E-state index in [0.29, 0.717) is 11.0 Å². The van der Waals surface area contributed by atoms with E-state index in [0.717, 1.165) is 40.2 Å². The topological polar surface area (TPSA) is 29.0 Å². The summed E-state index contributed by atoms with van der Waals surface area (Å²) in [4.78, 5) is 14.0. The normalized spacial score (nSPS) is 17.1. The van der Waals surface area contributed by atoms with Gasteiger partial charge in [-0.3, -0.25) is 0 Å². The summed E-state index contributed by atoms with van der Waals surface area (Å²) in [5.41, 5.74) is 3.54. The van der Waals surface area contributed by atoms with Gasteiger partial charge in [0.25, 0.3) is 0 Å². The van der Waals surface area contributed by atoms with Crippen LogP contribution in [0.15, 0.2) is 24.3 Å². The molecule has 0 radical (unpaired) electrons. The van der Waals surface area contributed by atoms with Crippen LogP contribution in [0.3, 0.4) is 0 Å². The molecule has 0 bridgehead atoms. The second-order valence-electron chi connectivity index (χ2n) is 6.81. The van der Waals surface area contributed by atoms with Crippen LogP contribution in [-0.2, 0) is 12.8 Å². The monoisotopic (exact) mass is 357 g/mol. The molecule has 5 heteroatoms. The molecule has 1 aliphatic carbocycles. The number of halogens is 1. The van der Waals surface area contributed by atoms with E-state index >= 15 is 0 Å². The van der Waals surface area contributed by atoms with Gasteiger partial charge in [-0.1, -0.05) is 18.5 Å². The van der Waals surface area contributed by atoms with Gasteiger partial charge in [0.1, 0.15) is 9.98 Å². The Morgan fingerprint density at radius 1 is 1.17 bits per heavy atom. The number of thiophene rings is 1. The van der Waals surface area contributed by atoms with E-state index in [1.54, 1.807) is 11.3 Å². The molecule has 1 aliphatic rings. The molecule has 0 saturated heterocycles. The van der Waals surface area contributed by atoms with Crippen molar-refractivity contribution in [1.82, 2.24) is 9.97 Å². The van der Waals surface area contributed by atoms with Crippen molar-refractivity contribution in [2.75, 3.05) is 19.0 Å². The number of hydrogen-bond acceptors (Lipinski definition) is 4. The molecule has 124 valence electrons. The Hall–Kier alpha value is -1.65. The summed E-state index contributed by atoms with van der Waals surface area (Å²) in [6.45, 7) is 2.32. The summed E-state index contributed by atoms with van der Waals surface area (Å²) in [5, 5.41) is 1.68. The Kier molecular flexibility index (Phi) is 3.97. The maximum absolute atomic E-state index is 6.56. The number of fused-ring (bicyclic) bond motifs is 3. The van der Waals surface area contributed by atoms with Gasteiger partial charge in [0.05, 0.1) is 5.39 Å². The van der Waals surface area contributed by atoms with Gasteiger partial charge >= 0.3 is 0 Å². The molecule has 0 spiro atoms. The molecule has 0 saturated carbocycles. The maximum Gasteiger partial charge on any atom is 0.162 e. The zero-order chi connectivity index (χ0) is 16.8. The number of aryl methyl sites for hydroxylation is 1. The molecule has 3 aromatic rings. The van der Waals surface area contributed by atoms with E-state index in [1.165, 1.54) is 16.9 Å². The minimum absolute atomic E-state index is 0.596. The van der Waals surface area contributed by atoms with Crippen molar-refractivity contribution in [2.24, 2.45) is 5.92 Å². The first kappa shape index (κ1) is 15.9. The summed E-state index contributed by atoms with van der Waals surface area (Å²) in [7, 11) is 4.07. The molecular weight excluding hydrogens is 338 g/mol. The van der Waals surface area contributed by atoms with E-state index in [-0.39, 0.29) is 0 Å². The van der Waals surface area contributed by atoms with Crippen molar-refractivity contribution in [3.05, 3.63) is 39.9 Å². The molecule has 2 heterocycles. The lowest BCUT2D eigenvalue weighted by Crippen LogP contribution is -2.08. The summed E-state index contributed by atoms with van der Waals surface area (Å²) in [5.74, 6) is 1.46. The Morgan fingerprint density at radius 3 is 2.62 bits per heavy atom. The molecule has 0 N–H and O–H groups in total. The second kappa shape index (κ2) is 6.01. The van der Waals surface area contributed by atoms with Crippen LogP contribution in [0, 0.1) is 5.92 Å². The maximum atomic E-state index is 6.56. The van der Waals surface area contributed by atoms with Crippen LogP contribution >= 0.6 is 22.9 Å². The molecule has 24 heavy (non-hydrogen) atoms. The van der Waals surface area contributed by atoms with Gasteiger partial charge in [-0.2, -0.15) is 0 Å². The zero-order valence-electron chi connectivity index (χ0n) is 14.1. The molecule has 4 rings (SSSR count). The van der Waals surface area contributed by atoms with Gasteiger partial charge in [-0.15, -0.1) is 11.3 Å². The van der Waals surface area contributed by atoms with Crippen LogP contribution < -0.4 is 4.90 Å². The molecule has 0 aliphatic heterocycles. The van der Waals surface area contributed by atoms with Crippen molar-refractivity contribution in [1.29, 1.82) is 0 Å². The van der Waals surface area contributed by atoms with Gasteiger partial charge in [-0.05, 0) is 55.0 Å². The average molecular weight is 358 g/mol. The number of rotatable bonds is 2. The Labute approximate surface area is 151 Å². The van der Waals surface area contributed by atoms with Crippen molar-refractivity contribution in [3.63, 3.8) is 0 Å². The summed E-state index contributed by atoms with van der Waals surface area (Å²) in [6.07, 6.45) is 3.46. The molecule has 0 amide bonds. The zero-order valence-corrected chi connectivity index (χ0v) is 15.7. The smallest absolute Gasteiger partial charge is 0.162 e.